The highest BCUT2D eigenvalue weighted by atomic mass is 16.6. The first-order chi connectivity index (χ1) is 17.9. The van der Waals surface area contributed by atoms with Gasteiger partial charge in [-0.1, -0.05) is 53.0 Å². The lowest BCUT2D eigenvalue weighted by molar-refractivity contribution is -0.144. The van der Waals surface area contributed by atoms with E-state index in [9.17, 15) is 19.8 Å². The number of carbonyl (C=O) groups excluding carboxylic acids is 2. The molecule has 2 aliphatic rings. The number of amides is 1. The zero-order valence-electron chi connectivity index (χ0n) is 24.1. The number of Topliss-reactive ketones (excluding diaryl/α,β-unsaturated/α-hetero) is 1. The molecule has 2 fully saturated rings. The van der Waals surface area contributed by atoms with Gasteiger partial charge in [0.1, 0.15) is 5.78 Å². The number of hydrogen-bond donors (Lipinski definition) is 3. The van der Waals surface area contributed by atoms with Crippen LogP contribution in [0, 0.1) is 17.3 Å². The van der Waals surface area contributed by atoms with E-state index in [4.69, 9.17) is 4.74 Å². The summed E-state index contributed by atoms with van der Waals surface area (Å²) >= 11 is 0. The van der Waals surface area contributed by atoms with Gasteiger partial charge in [-0.15, -0.1) is 0 Å². The van der Waals surface area contributed by atoms with Crippen molar-refractivity contribution in [3.8, 4) is 0 Å². The van der Waals surface area contributed by atoms with Crippen molar-refractivity contribution in [3.63, 3.8) is 0 Å². The minimum Gasteiger partial charge on any atom is -0.392 e. The first kappa shape index (κ1) is 30.5. The van der Waals surface area contributed by atoms with Crippen LogP contribution in [-0.4, -0.2) is 56.8 Å². The highest BCUT2D eigenvalue weighted by molar-refractivity contribution is 5.88. The molecule has 0 spiro atoms. The van der Waals surface area contributed by atoms with Crippen LogP contribution in [0.25, 0.3) is 6.08 Å². The van der Waals surface area contributed by atoms with Gasteiger partial charge in [-0.3, -0.25) is 14.6 Å². The van der Waals surface area contributed by atoms with Gasteiger partial charge in [0.25, 0.3) is 0 Å². The average molecular weight is 529 g/mol. The molecule has 212 valence electrons. The Morgan fingerprint density at radius 1 is 1.24 bits per heavy atom. The fourth-order valence-electron chi connectivity index (χ4n) is 5.73. The quantitative estimate of drug-likeness (QED) is 0.471. The van der Waals surface area contributed by atoms with E-state index in [1.807, 2.05) is 38.1 Å². The Balaban J connectivity index is 1.88. The molecule has 1 aromatic rings. The maximum atomic E-state index is 13.7. The highest BCUT2D eigenvalue weighted by Crippen LogP contribution is 2.44. The molecule has 3 N–H and O–H groups in total. The third-order valence-corrected chi connectivity index (χ3v) is 8.81. The predicted octanol–water partition coefficient (Wildman–Crippen LogP) is 4.85. The Morgan fingerprint density at radius 3 is 2.63 bits per heavy atom. The van der Waals surface area contributed by atoms with Crippen LogP contribution in [0.4, 0.5) is 0 Å². The van der Waals surface area contributed by atoms with E-state index in [0.29, 0.717) is 12.8 Å². The number of aliphatic hydroxyl groups excluding tert-OH is 2. The molecule has 0 bridgehead atoms. The number of ether oxygens (including phenoxy) is 1. The summed E-state index contributed by atoms with van der Waals surface area (Å²) in [6, 6.07) is 5.42. The van der Waals surface area contributed by atoms with Gasteiger partial charge >= 0.3 is 0 Å². The number of nitrogens with one attached hydrogen (secondary N) is 1. The highest BCUT2D eigenvalue weighted by Gasteiger charge is 2.52. The normalized spacial score (nSPS) is 35.3. The Labute approximate surface area is 228 Å². The first-order valence-electron chi connectivity index (χ1n) is 14.4. The summed E-state index contributed by atoms with van der Waals surface area (Å²) in [5.41, 5.74) is 0.329. The number of aliphatic hydroxyl groups is 2. The molecule has 0 saturated carbocycles. The third-order valence-electron chi connectivity index (χ3n) is 8.81. The van der Waals surface area contributed by atoms with E-state index in [-0.39, 0.29) is 41.8 Å². The third kappa shape index (κ3) is 7.51. The summed E-state index contributed by atoms with van der Waals surface area (Å²) in [6.45, 7) is 11.5. The molecular weight excluding hydrogens is 480 g/mol. The molecule has 7 nitrogen and oxygen atoms in total. The number of pyridine rings is 1. The molecule has 7 heteroatoms. The second-order valence-corrected chi connectivity index (χ2v) is 12.3. The lowest BCUT2D eigenvalue weighted by atomic mass is 9.70. The maximum Gasteiger partial charge on any atom is 0.223 e. The van der Waals surface area contributed by atoms with Gasteiger partial charge in [-0.2, -0.15) is 0 Å². The number of hydrogen-bond acceptors (Lipinski definition) is 6. The van der Waals surface area contributed by atoms with Crippen LogP contribution in [0.15, 0.2) is 30.0 Å². The predicted molar refractivity (Wildman–Crippen MR) is 149 cm³/mol. The molecule has 3 heterocycles. The minimum atomic E-state index is -1.17. The molecular formula is C31H48N2O5. The largest absolute Gasteiger partial charge is 0.392 e. The Kier molecular flexibility index (Phi) is 10.3. The molecule has 38 heavy (non-hydrogen) atoms. The second kappa shape index (κ2) is 12.8. The number of ketones is 1. The fraction of sp³-hybridized carbons (Fsp3) is 0.710. The number of aromatic nitrogens is 1. The Bertz CT molecular complexity index is 978. The van der Waals surface area contributed by atoms with Gasteiger partial charge in [0.2, 0.25) is 5.91 Å². The number of fused-ring (bicyclic) bond motifs is 1. The number of nitrogens with zero attached hydrogens (tertiary/aromatic N) is 1. The van der Waals surface area contributed by atoms with Crippen LogP contribution in [0.1, 0.15) is 98.6 Å². The number of unbranched alkanes of at least 4 members (excludes halogenated alkanes) is 1. The van der Waals surface area contributed by atoms with Crippen LogP contribution >= 0.6 is 0 Å². The van der Waals surface area contributed by atoms with Gasteiger partial charge in [0.05, 0.1) is 47.5 Å². The van der Waals surface area contributed by atoms with Gasteiger partial charge in [-0.25, -0.2) is 0 Å². The summed E-state index contributed by atoms with van der Waals surface area (Å²) < 4.78 is 6.14. The van der Waals surface area contributed by atoms with Crippen molar-refractivity contribution in [2.24, 2.45) is 17.3 Å². The second-order valence-electron chi connectivity index (χ2n) is 12.3. The van der Waals surface area contributed by atoms with E-state index < -0.39 is 23.5 Å². The smallest absolute Gasteiger partial charge is 0.223 e. The fourth-order valence-corrected chi connectivity index (χ4v) is 5.73. The van der Waals surface area contributed by atoms with E-state index in [2.05, 4.69) is 24.1 Å². The topological polar surface area (TPSA) is 112 Å². The van der Waals surface area contributed by atoms with Gasteiger partial charge in [-0.05, 0) is 62.8 Å². The molecule has 0 aromatic carbocycles. The Morgan fingerprint density at radius 2 is 1.97 bits per heavy atom. The van der Waals surface area contributed by atoms with Crippen molar-refractivity contribution < 1.29 is 24.5 Å². The van der Waals surface area contributed by atoms with Crippen LogP contribution in [0.3, 0.4) is 0 Å². The van der Waals surface area contributed by atoms with Crippen molar-refractivity contribution in [1.29, 1.82) is 0 Å². The maximum absolute atomic E-state index is 13.7. The van der Waals surface area contributed by atoms with Crippen molar-refractivity contribution in [3.05, 3.63) is 35.7 Å². The lowest BCUT2D eigenvalue weighted by Gasteiger charge is -2.36. The molecule has 1 aromatic heterocycles. The molecule has 0 unspecified atom stereocenters. The Hall–Kier alpha value is -2.09. The molecule has 1 amide bonds. The van der Waals surface area contributed by atoms with E-state index in [1.54, 1.807) is 20.0 Å². The van der Waals surface area contributed by atoms with Crippen molar-refractivity contribution in [1.82, 2.24) is 10.3 Å². The van der Waals surface area contributed by atoms with Crippen LogP contribution < -0.4 is 5.32 Å². The minimum absolute atomic E-state index is 0.00765. The molecule has 2 aliphatic heterocycles. The number of epoxide rings is 1. The van der Waals surface area contributed by atoms with Crippen LogP contribution in [0.5, 0.6) is 0 Å². The van der Waals surface area contributed by atoms with Crippen molar-refractivity contribution in [2.45, 2.75) is 123 Å². The number of carbonyl (C=O) groups is 2. The molecule has 3 rings (SSSR count). The molecule has 0 aliphatic carbocycles. The summed E-state index contributed by atoms with van der Waals surface area (Å²) in [4.78, 5) is 31.3. The number of rotatable bonds is 5. The van der Waals surface area contributed by atoms with Gasteiger partial charge in [0, 0.05) is 18.5 Å². The van der Waals surface area contributed by atoms with Gasteiger partial charge in [0.15, 0.2) is 0 Å². The van der Waals surface area contributed by atoms with Gasteiger partial charge < -0.3 is 20.3 Å². The summed E-state index contributed by atoms with van der Waals surface area (Å²) in [5, 5.41) is 25.5. The zero-order chi connectivity index (χ0) is 28.1. The monoisotopic (exact) mass is 528 g/mol. The SMILES string of the molecule is CCCC[C@H]1C(=O)C(C)(C)[C@@H](O)CC(=O)N[C@H](/C(C)=C/c2ccccn2)C[C@@H]2O[C@]2(C)CCC[C@H](C)[C@@H]1O. The van der Waals surface area contributed by atoms with Crippen molar-refractivity contribution in [2.75, 3.05) is 0 Å². The first-order valence-corrected chi connectivity index (χ1v) is 14.4. The van der Waals surface area contributed by atoms with E-state index in [1.165, 1.54) is 0 Å². The summed E-state index contributed by atoms with van der Waals surface area (Å²) in [5.74, 6) is -1.10. The summed E-state index contributed by atoms with van der Waals surface area (Å²) in [6.07, 6.45) is 7.03. The zero-order valence-corrected chi connectivity index (χ0v) is 24.1. The lowest BCUT2D eigenvalue weighted by Crippen LogP contribution is -2.48. The molecule has 2 saturated heterocycles. The van der Waals surface area contributed by atoms with E-state index in [0.717, 1.165) is 43.4 Å². The molecule has 0 radical (unpaired) electrons. The van der Waals surface area contributed by atoms with E-state index >= 15 is 0 Å². The van der Waals surface area contributed by atoms with Crippen LogP contribution in [0.2, 0.25) is 0 Å². The standard InChI is InChI=1S/C31H48N2O5/c1-7-8-14-23-28(36)20(2)12-11-15-31(6)26(38-31)18-24(21(3)17-22-13-9-10-16-32-22)33-27(35)19-25(34)30(4,5)29(23)37/h9-10,13,16-17,20,23-26,28,34,36H,7-8,11-12,14-15,18-19H2,1-6H3,(H,33,35)/b21-17+/t20-,23+,24-,25-,26-,28-,31+/m0/s1. The average Bonchev–Trinajstić information content (AvgIpc) is 3.51. The molecule has 7 atom stereocenters. The van der Waals surface area contributed by atoms with Crippen molar-refractivity contribution >= 4 is 17.8 Å². The van der Waals surface area contributed by atoms with Crippen LogP contribution in [-0.2, 0) is 14.3 Å². The summed E-state index contributed by atoms with van der Waals surface area (Å²) in [7, 11) is 0.